The lowest BCUT2D eigenvalue weighted by Crippen LogP contribution is -2.46. The van der Waals surface area contributed by atoms with Crippen molar-refractivity contribution in [2.24, 2.45) is 0 Å². The Hall–Kier alpha value is -0.610. The van der Waals surface area contributed by atoms with Gasteiger partial charge in [0.15, 0.2) is 0 Å². The van der Waals surface area contributed by atoms with Crippen LogP contribution in [-0.4, -0.2) is 60.6 Å². The fraction of sp³-hybridized carbons (Fsp3) is 0.900. The van der Waals surface area contributed by atoms with Gasteiger partial charge in [0.1, 0.15) is 0 Å². The summed E-state index contributed by atoms with van der Waals surface area (Å²) >= 11 is 0. The third-order valence-electron chi connectivity index (χ3n) is 2.80. The van der Waals surface area contributed by atoms with Crippen LogP contribution >= 0.6 is 0 Å². The molecule has 0 aromatic carbocycles. The van der Waals surface area contributed by atoms with E-state index >= 15 is 0 Å². The molecule has 1 fully saturated rings. The smallest absolute Gasteiger partial charge is 0.236 e. The number of likely N-dealkylation sites (N-methyl/N-ethyl adjacent to an activating group) is 1. The molecule has 1 amide bonds. The molecule has 1 unspecified atom stereocenters. The van der Waals surface area contributed by atoms with Gasteiger partial charge in [0.05, 0.1) is 13.2 Å². The van der Waals surface area contributed by atoms with E-state index in [9.17, 15) is 4.79 Å². The first-order valence-corrected chi connectivity index (χ1v) is 5.20. The fourth-order valence-electron chi connectivity index (χ4n) is 1.79. The number of likely N-dealkylation sites (tertiary alicyclic amines) is 1. The Kier molecular flexibility index (Phi) is 4.35. The standard InChI is InChI=1S/C10H20N2O2/c1-11(2)10(14)7-12-6-4-3-5-9(12)8-13/h9,13H,3-8H2,1-2H3. The van der Waals surface area contributed by atoms with E-state index in [0.29, 0.717) is 6.54 Å². The molecular formula is C10H20N2O2. The van der Waals surface area contributed by atoms with Crippen molar-refractivity contribution in [3.63, 3.8) is 0 Å². The molecule has 82 valence electrons. The number of hydrogen-bond acceptors (Lipinski definition) is 3. The van der Waals surface area contributed by atoms with Crippen molar-refractivity contribution in [2.75, 3.05) is 33.8 Å². The van der Waals surface area contributed by atoms with E-state index in [1.54, 1.807) is 19.0 Å². The Morgan fingerprint density at radius 1 is 1.50 bits per heavy atom. The summed E-state index contributed by atoms with van der Waals surface area (Å²) in [6.45, 7) is 1.55. The predicted octanol–water partition coefficient (Wildman–Crippen LogP) is -0.0786. The summed E-state index contributed by atoms with van der Waals surface area (Å²) in [5.74, 6) is 0.116. The molecular weight excluding hydrogens is 180 g/mol. The minimum Gasteiger partial charge on any atom is -0.395 e. The van der Waals surface area contributed by atoms with Crippen LogP contribution in [0.5, 0.6) is 0 Å². The van der Waals surface area contributed by atoms with Crippen molar-refractivity contribution in [3.8, 4) is 0 Å². The number of aliphatic hydroxyl groups excluding tert-OH is 1. The third-order valence-corrected chi connectivity index (χ3v) is 2.80. The highest BCUT2D eigenvalue weighted by Gasteiger charge is 2.23. The monoisotopic (exact) mass is 200 g/mol. The molecule has 0 aliphatic carbocycles. The highest BCUT2D eigenvalue weighted by Crippen LogP contribution is 2.16. The van der Waals surface area contributed by atoms with Gasteiger partial charge in [-0.2, -0.15) is 0 Å². The van der Waals surface area contributed by atoms with Crippen LogP contribution in [0.25, 0.3) is 0 Å². The van der Waals surface area contributed by atoms with Gasteiger partial charge in [0, 0.05) is 20.1 Å². The predicted molar refractivity (Wildman–Crippen MR) is 55.0 cm³/mol. The van der Waals surface area contributed by atoms with Crippen LogP contribution in [0.2, 0.25) is 0 Å². The minimum atomic E-state index is 0.116. The Morgan fingerprint density at radius 2 is 2.21 bits per heavy atom. The van der Waals surface area contributed by atoms with Crippen molar-refractivity contribution >= 4 is 5.91 Å². The minimum absolute atomic E-state index is 0.116. The molecule has 0 aromatic heterocycles. The summed E-state index contributed by atoms with van der Waals surface area (Å²) in [5.41, 5.74) is 0. The van der Waals surface area contributed by atoms with Crippen LogP contribution in [0.3, 0.4) is 0 Å². The molecule has 4 nitrogen and oxygen atoms in total. The fourth-order valence-corrected chi connectivity index (χ4v) is 1.79. The van der Waals surface area contributed by atoms with Crippen LogP contribution in [-0.2, 0) is 4.79 Å². The Morgan fingerprint density at radius 3 is 2.79 bits per heavy atom. The second-order valence-corrected chi connectivity index (χ2v) is 4.09. The molecule has 0 bridgehead atoms. The molecule has 1 rings (SSSR count). The van der Waals surface area contributed by atoms with Crippen molar-refractivity contribution in [2.45, 2.75) is 25.3 Å². The van der Waals surface area contributed by atoms with E-state index in [1.807, 2.05) is 0 Å². The van der Waals surface area contributed by atoms with Crippen molar-refractivity contribution in [1.82, 2.24) is 9.80 Å². The van der Waals surface area contributed by atoms with Gasteiger partial charge < -0.3 is 10.0 Å². The molecule has 1 heterocycles. The highest BCUT2D eigenvalue weighted by molar-refractivity contribution is 5.77. The van der Waals surface area contributed by atoms with Crippen molar-refractivity contribution in [3.05, 3.63) is 0 Å². The van der Waals surface area contributed by atoms with Crippen LogP contribution < -0.4 is 0 Å². The number of amides is 1. The largest absolute Gasteiger partial charge is 0.395 e. The van der Waals surface area contributed by atoms with Gasteiger partial charge in [0.2, 0.25) is 5.91 Å². The number of carbonyl (C=O) groups excluding carboxylic acids is 1. The number of rotatable bonds is 3. The van der Waals surface area contributed by atoms with E-state index < -0.39 is 0 Å². The summed E-state index contributed by atoms with van der Waals surface area (Å²) in [5, 5.41) is 9.15. The maximum Gasteiger partial charge on any atom is 0.236 e. The zero-order valence-electron chi connectivity index (χ0n) is 9.07. The summed E-state index contributed by atoms with van der Waals surface area (Å²) in [6.07, 6.45) is 3.31. The molecule has 0 aromatic rings. The van der Waals surface area contributed by atoms with E-state index in [-0.39, 0.29) is 18.6 Å². The average Bonchev–Trinajstić information content (AvgIpc) is 2.18. The van der Waals surface area contributed by atoms with Gasteiger partial charge in [-0.15, -0.1) is 0 Å². The lowest BCUT2D eigenvalue weighted by atomic mass is 10.0. The quantitative estimate of drug-likeness (QED) is 0.693. The molecule has 1 saturated heterocycles. The lowest BCUT2D eigenvalue weighted by molar-refractivity contribution is -0.131. The zero-order valence-corrected chi connectivity index (χ0v) is 9.07. The van der Waals surface area contributed by atoms with Crippen LogP contribution in [0, 0.1) is 0 Å². The first-order valence-electron chi connectivity index (χ1n) is 5.20. The second-order valence-electron chi connectivity index (χ2n) is 4.09. The van der Waals surface area contributed by atoms with E-state index in [0.717, 1.165) is 25.8 Å². The Bertz CT molecular complexity index is 195. The highest BCUT2D eigenvalue weighted by atomic mass is 16.3. The van der Waals surface area contributed by atoms with Crippen LogP contribution in [0.4, 0.5) is 0 Å². The van der Waals surface area contributed by atoms with E-state index in [1.165, 1.54) is 0 Å². The molecule has 0 saturated carbocycles. The molecule has 1 N–H and O–H groups in total. The van der Waals surface area contributed by atoms with E-state index in [2.05, 4.69) is 4.90 Å². The molecule has 1 atom stereocenters. The molecule has 0 spiro atoms. The lowest BCUT2D eigenvalue weighted by Gasteiger charge is -2.34. The zero-order chi connectivity index (χ0) is 10.6. The van der Waals surface area contributed by atoms with E-state index in [4.69, 9.17) is 5.11 Å². The van der Waals surface area contributed by atoms with Crippen molar-refractivity contribution in [1.29, 1.82) is 0 Å². The number of carbonyl (C=O) groups is 1. The summed E-state index contributed by atoms with van der Waals surface area (Å²) in [6, 6.07) is 0.188. The van der Waals surface area contributed by atoms with Gasteiger partial charge in [-0.1, -0.05) is 6.42 Å². The van der Waals surface area contributed by atoms with Crippen LogP contribution in [0.15, 0.2) is 0 Å². The van der Waals surface area contributed by atoms with Gasteiger partial charge in [-0.3, -0.25) is 9.69 Å². The maximum absolute atomic E-state index is 11.5. The van der Waals surface area contributed by atoms with Gasteiger partial charge in [-0.05, 0) is 19.4 Å². The van der Waals surface area contributed by atoms with Gasteiger partial charge in [-0.25, -0.2) is 0 Å². The third kappa shape index (κ3) is 2.96. The number of aliphatic hydroxyl groups is 1. The normalized spacial score (nSPS) is 23.5. The SMILES string of the molecule is CN(C)C(=O)CN1CCCCC1CO. The first kappa shape index (κ1) is 11.5. The average molecular weight is 200 g/mol. The summed E-state index contributed by atoms with van der Waals surface area (Å²) < 4.78 is 0. The van der Waals surface area contributed by atoms with Crippen molar-refractivity contribution < 1.29 is 9.90 Å². The summed E-state index contributed by atoms with van der Waals surface area (Å²) in [4.78, 5) is 15.2. The topological polar surface area (TPSA) is 43.8 Å². The second kappa shape index (κ2) is 5.32. The maximum atomic E-state index is 11.5. The molecule has 1 aliphatic rings. The first-order chi connectivity index (χ1) is 6.65. The van der Waals surface area contributed by atoms with Gasteiger partial charge in [0.25, 0.3) is 0 Å². The number of nitrogens with zero attached hydrogens (tertiary/aromatic N) is 2. The number of hydrogen-bond donors (Lipinski definition) is 1. The summed E-state index contributed by atoms with van der Waals surface area (Å²) in [7, 11) is 3.53. The molecule has 1 aliphatic heterocycles. The molecule has 4 heteroatoms. The molecule has 0 radical (unpaired) electrons. The van der Waals surface area contributed by atoms with Crippen LogP contribution in [0.1, 0.15) is 19.3 Å². The Balaban J connectivity index is 2.44. The van der Waals surface area contributed by atoms with Gasteiger partial charge >= 0.3 is 0 Å². The Labute approximate surface area is 85.5 Å². The number of piperidine rings is 1. The molecule has 14 heavy (non-hydrogen) atoms.